The summed E-state index contributed by atoms with van der Waals surface area (Å²) in [5.41, 5.74) is 2.06. The second kappa shape index (κ2) is 7.51. The lowest BCUT2D eigenvalue weighted by Crippen LogP contribution is -2.44. The van der Waals surface area contributed by atoms with Crippen molar-refractivity contribution in [2.75, 3.05) is 6.54 Å². The molecule has 0 radical (unpaired) electrons. The molecule has 22 heavy (non-hydrogen) atoms. The number of thiazole rings is 1. The number of carbonyl (C=O) groups is 1. The van der Waals surface area contributed by atoms with E-state index < -0.39 is 0 Å². The van der Waals surface area contributed by atoms with Crippen LogP contribution in [0.1, 0.15) is 36.4 Å². The van der Waals surface area contributed by atoms with Gasteiger partial charge in [0.05, 0.1) is 12.1 Å². The number of benzene rings is 1. The maximum absolute atomic E-state index is 12.0. The largest absolute Gasteiger partial charge is 0.351 e. The summed E-state index contributed by atoms with van der Waals surface area (Å²) in [7, 11) is 0. The lowest BCUT2D eigenvalue weighted by Gasteiger charge is -2.27. The van der Waals surface area contributed by atoms with E-state index in [9.17, 15) is 4.79 Å². The van der Waals surface area contributed by atoms with Gasteiger partial charge in [-0.1, -0.05) is 36.8 Å². The standard InChI is InChI=1S/C17H23N3OS/c1-4-17(3,16-18-8-9-22-16)20-12-15(21)19-11-14-7-5-6-13(2)10-14/h5-10,20H,4,11-12H2,1-3H3,(H,19,21). The molecule has 1 heterocycles. The van der Waals surface area contributed by atoms with Crippen LogP contribution < -0.4 is 10.6 Å². The van der Waals surface area contributed by atoms with Gasteiger partial charge < -0.3 is 5.32 Å². The van der Waals surface area contributed by atoms with Gasteiger partial charge in [-0.25, -0.2) is 4.98 Å². The molecule has 1 atom stereocenters. The second-order valence-electron chi connectivity index (χ2n) is 5.64. The van der Waals surface area contributed by atoms with Crippen LogP contribution in [0.5, 0.6) is 0 Å². The van der Waals surface area contributed by atoms with Crippen molar-refractivity contribution < 1.29 is 4.79 Å². The Hall–Kier alpha value is -1.72. The summed E-state index contributed by atoms with van der Waals surface area (Å²) < 4.78 is 0. The fraction of sp³-hybridized carbons (Fsp3) is 0.412. The first-order chi connectivity index (χ1) is 10.5. The van der Waals surface area contributed by atoms with Crippen molar-refractivity contribution in [3.8, 4) is 0 Å². The van der Waals surface area contributed by atoms with E-state index in [4.69, 9.17) is 0 Å². The minimum Gasteiger partial charge on any atom is -0.351 e. The highest BCUT2D eigenvalue weighted by Gasteiger charge is 2.27. The zero-order valence-electron chi connectivity index (χ0n) is 13.3. The Morgan fingerprint density at radius 3 is 2.86 bits per heavy atom. The van der Waals surface area contributed by atoms with E-state index >= 15 is 0 Å². The molecule has 1 amide bonds. The van der Waals surface area contributed by atoms with Crippen molar-refractivity contribution in [1.82, 2.24) is 15.6 Å². The summed E-state index contributed by atoms with van der Waals surface area (Å²) in [5.74, 6) is -0.00210. The molecule has 0 bridgehead atoms. The van der Waals surface area contributed by atoms with Gasteiger partial charge in [0.25, 0.3) is 0 Å². The summed E-state index contributed by atoms with van der Waals surface area (Å²) in [6.07, 6.45) is 2.68. The van der Waals surface area contributed by atoms with E-state index in [0.717, 1.165) is 17.0 Å². The zero-order valence-corrected chi connectivity index (χ0v) is 14.2. The Morgan fingerprint density at radius 2 is 2.23 bits per heavy atom. The lowest BCUT2D eigenvalue weighted by atomic mass is 10.00. The second-order valence-corrected chi connectivity index (χ2v) is 6.54. The van der Waals surface area contributed by atoms with Gasteiger partial charge >= 0.3 is 0 Å². The van der Waals surface area contributed by atoms with Crippen molar-refractivity contribution >= 4 is 17.2 Å². The van der Waals surface area contributed by atoms with Crippen LogP contribution in [0.4, 0.5) is 0 Å². The molecule has 0 saturated carbocycles. The SMILES string of the molecule is CCC(C)(NCC(=O)NCc1cccc(C)c1)c1nccs1. The predicted molar refractivity (Wildman–Crippen MR) is 90.8 cm³/mol. The summed E-state index contributed by atoms with van der Waals surface area (Å²) in [6, 6.07) is 8.16. The van der Waals surface area contributed by atoms with Gasteiger partial charge in [-0.05, 0) is 25.8 Å². The number of amides is 1. The van der Waals surface area contributed by atoms with Crippen LogP contribution in [0.2, 0.25) is 0 Å². The number of aryl methyl sites for hydroxylation is 1. The minimum atomic E-state index is -0.255. The van der Waals surface area contributed by atoms with Crippen LogP contribution in [0.25, 0.3) is 0 Å². The van der Waals surface area contributed by atoms with Crippen LogP contribution in [0, 0.1) is 6.92 Å². The van der Waals surface area contributed by atoms with Crippen LogP contribution >= 0.6 is 11.3 Å². The van der Waals surface area contributed by atoms with Crippen LogP contribution in [-0.4, -0.2) is 17.4 Å². The first-order valence-corrected chi connectivity index (χ1v) is 8.38. The fourth-order valence-corrected chi connectivity index (χ4v) is 3.06. The van der Waals surface area contributed by atoms with Gasteiger partial charge in [-0.2, -0.15) is 0 Å². The normalized spacial score (nSPS) is 13.6. The van der Waals surface area contributed by atoms with Crippen LogP contribution in [0.3, 0.4) is 0 Å². The molecule has 118 valence electrons. The van der Waals surface area contributed by atoms with E-state index in [0.29, 0.717) is 6.54 Å². The Bertz CT molecular complexity index is 612. The number of nitrogens with one attached hydrogen (secondary N) is 2. The average molecular weight is 317 g/mol. The third kappa shape index (κ3) is 4.39. The van der Waals surface area contributed by atoms with Gasteiger partial charge in [0.15, 0.2) is 0 Å². The molecule has 2 N–H and O–H groups in total. The molecular weight excluding hydrogens is 294 g/mol. The molecular formula is C17H23N3OS. The number of rotatable bonds is 7. The first kappa shape index (κ1) is 16.6. The van der Waals surface area contributed by atoms with E-state index in [1.165, 1.54) is 5.56 Å². The van der Waals surface area contributed by atoms with Gasteiger partial charge in [0, 0.05) is 18.1 Å². The molecule has 0 aliphatic carbocycles. The molecule has 1 aromatic heterocycles. The summed E-state index contributed by atoms with van der Waals surface area (Å²) in [5, 5.41) is 9.26. The highest BCUT2D eigenvalue weighted by Crippen LogP contribution is 2.25. The highest BCUT2D eigenvalue weighted by atomic mass is 32.1. The molecule has 5 heteroatoms. The number of nitrogens with zero attached hydrogens (tertiary/aromatic N) is 1. The van der Waals surface area contributed by atoms with Crippen molar-refractivity contribution in [3.63, 3.8) is 0 Å². The quantitative estimate of drug-likeness (QED) is 0.825. The monoisotopic (exact) mass is 317 g/mol. The Morgan fingerprint density at radius 1 is 1.41 bits per heavy atom. The summed E-state index contributed by atoms with van der Waals surface area (Å²) in [6.45, 7) is 7.07. The molecule has 2 aromatic rings. The summed E-state index contributed by atoms with van der Waals surface area (Å²) >= 11 is 1.61. The number of hydrogen-bond donors (Lipinski definition) is 2. The minimum absolute atomic E-state index is 0.00210. The summed E-state index contributed by atoms with van der Waals surface area (Å²) in [4.78, 5) is 16.4. The molecule has 4 nitrogen and oxygen atoms in total. The molecule has 1 aromatic carbocycles. The lowest BCUT2D eigenvalue weighted by molar-refractivity contribution is -0.120. The molecule has 0 saturated heterocycles. The fourth-order valence-electron chi connectivity index (χ4n) is 2.21. The Balaban J connectivity index is 1.84. The zero-order chi connectivity index (χ0) is 16.0. The third-order valence-corrected chi connectivity index (χ3v) is 4.86. The van der Waals surface area contributed by atoms with Gasteiger partial charge in [0.2, 0.25) is 5.91 Å². The molecule has 0 aliphatic heterocycles. The van der Waals surface area contributed by atoms with Crippen LogP contribution in [0.15, 0.2) is 35.8 Å². The predicted octanol–water partition coefficient (Wildman–Crippen LogP) is 2.98. The molecule has 1 unspecified atom stereocenters. The third-order valence-electron chi connectivity index (χ3n) is 3.82. The Labute approximate surface area is 136 Å². The van der Waals surface area contributed by atoms with E-state index in [1.807, 2.05) is 30.5 Å². The smallest absolute Gasteiger partial charge is 0.234 e. The topological polar surface area (TPSA) is 54.0 Å². The van der Waals surface area contributed by atoms with Crippen LogP contribution in [-0.2, 0) is 16.9 Å². The van der Waals surface area contributed by atoms with Crippen molar-refractivity contribution in [1.29, 1.82) is 0 Å². The highest BCUT2D eigenvalue weighted by molar-refractivity contribution is 7.09. The van der Waals surface area contributed by atoms with Crippen molar-refractivity contribution in [2.24, 2.45) is 0 Å². The van der Waals surface area contributed by atoms with Gasteiger partial charge in [-0.15, -0.1) is 11.3 Å². The number of aromatic nitrogens is 1. The van der Waals surface area contributed by atoms with Gasteiger partial charge in [-0.3, -0.25) is 10.1 Å². The molecule has 2 rings (SSSR count). The number of hydrogen-bond acceptors (Lipinski definition) is 4. The maximum atomic E-state index is 12.0. The van der Waals surface area contributed by atoms with Crippen molar-refractivity contribution in [3.05, 3.63) is 52.0 Å². The number of carbonyl (C=O) groups excluding carboxylic acids is 1. The first-order valence-electron chi connectivity index (χ1n) is 7.51. The van der Waals surface area contributed by atoms with Crippen molar-refractivity contribution in [2.45, 2.75) is 39.3 Å². The molecule has 0 aliphatic rings. The average Bonchev–Trinajstić information content (AvgIpc) is 3.06. The molecule has 0 spiro atoms. The van der Waals surface area contributed by atoms with Gasteiger partial charge in [0.1, 0.15) is 5.01 Å². The van der Waals surface area contributed by atoms with E-state index in [1.54, 1.807) is 17.5 Å². The maximum Gasteiger partial charge on any atom is 0.234 e. The van der Waals surface area contributed by atoms with E-state index in [2.05, 4.69) is 35.5 Å². The molecule has 0 fully saturated rings. The Kier molecular flexibility index (Phi) is 5.69. The van der Waals surface area contributed by atoms with E-state index in [-0.39, 0.29) is 18.0 Å².